The highest BCUT2D eigenvalue weighted by atomic mass is 32.2. The van der Waals surface area contributed by atoms with Gasteiger partial charge < -0.3 is 0 Å². The molecule has 3 rings (SSSR count). The van der Waals surface area contributed by atoms with Crippen LogP contribution < -0.4 is 5.14 Å². The number of halogens is 3. The smallest absolute Gasteiger partial charge is 0.258 e. The van der Waals surface area contributed by atoms with Crippen molar-refractivity contribution in [2.45, 2.75) is 24.4 Å². The molecule has 2 aromatic carbocycles. The first-order chi connectivity index (χ1) is 13.9. The predicted octanol–water partition coefficient (Wildman–Crippen LogP) is 3.68. The van der Waals surface area contributed by atoms with Gasteiger partial charge in [-0.15, -0.1) is 0 Å². The molecule has 0 bridgehead atoms. The first-order valence-corrected chi connectivity index (χ1v) is 10.0. The summed E-state index contributed by atoms with van der Waals surface area (Å²) >= 11 is 0. The van der Waals surface area contributed by atoms with Gasteiger partial charge in [-0.25, -0.2) is 18.2 Å². The molecule has 12 heteroatoms. The number of primary sulfonamides is 1. The van der Waals surface area contributed by atoms with Crippen molar-refractivity contribution < 1.29 is 26.5 Å². The second-order valence-corrected chi connectivity index (χ2v) is 7.85. The Morgan fingerprint density at radius 2 is 1.77 bits per heavy atom. The van der Waals surface area contributed by atoms with Crippen LogP contribution in [0.15, 0.2) is 53.6 Å². The second kappa shape index (κ2) is 7.54. The van der Waals surface area contributed by atoms with Crippen LogP contribution in [-0.4, -0.2) is 23.1 Å². The molecule has 1 aromatic heterocycles. The van der Waals surface area contributed by atoms with Gasteiger partial charge in [0.1, 0.15) is 0 Å². The number of nitrogens with two attached hydrogens (primary N) is 1. The molecule has 0 unspecified atom stereocenters. The zero-order valence-corrected chi connectivity index (χ0v) is 16.2. The maximum atomic E-state index is 13.7. The highest BCUT2D eigenvalue weighted by Crippen LogP contribution is 2.40. The summed E-state index contributed by atoms with van der Waals surface area (Å²) in [6.45, 7) is 1.61. The van der Waals surface area contributed by atoms with Crippen molar-refractivity contribution in [3.05, 3.63) is 70.0 Å². The third-order valence-corrected chi connectivity index (χ3v) is 5.33. The van der Waals surface area contributed by atoms with Gasteiger partial charge in [0.2, 0.25) is 10.0 Å². The lowest BCUT2D eigenvalue weighted by molar-refractivity contribution is -0.385. The van der Waals surface area contributed by atoms with Crippen LogP contribution in [0.25, 0.3) is 16.8 Å². The molecule has 0 saturated heterocycles. The molecular formula is C18H15F3N4O4S. The van der Waals surface area contributed by atoms with Gasteiger partial charge >= 0.3 is 6.18 Å². The minimum absolute atomic E-state index is 0.0476. The van der Waals surface area contributed by atoms with Crippen LogP contribution in [0.1, 0.15) is 18.2 Å². The van der Waals surface area contributed by atoms with Crippen molar-refractivity contribution in [1.29, 1.82) is 0 Å². The number of sulfonamides is 1. The third-order valence-electron chi connectivity index (χ3n) is 4.40. The van der Waals surface area contributed by atoms with Crippen LogP contribution in [0.2, 0.25) is 0 Å². The number of benzene rings is 2. The molecule has 2 N–H and O–H groups in total. The van der Waals surface area contributed by atoms with E-state index < -0.39 is 26.8 Å². The fourth-order valence-corrected chi connectivity index (χ4v) is 3.59. The molecule has 8 nitrogen and oxygen atoms in total. The Kier molecular flexibility index (Phi) is 5.39. The van der Waals surface area contributed by atoms with Crippen molar-refractivity contribution >= 4 is 15.7 Å². The number of hydrogen-bond donors (Lipinski definition) is 1. The van der Waals surface area contributed by atoms with Crippen LogP contribution in [-0.2, 0) is 22.6 Å². The van der Waals surface area contributed by atoms with Gasteiger partial charge in [0, 0.05) is 23.4 Å². The average molecular weight is 440 g/mol. The number of nitro benzene ring substituents is 1. The first kappa shape index (κ1) is 21.5. The number of nitrogens with zero attached hydrogens (tertiary/aromatic N) is 3. The van der Waals surface area contributed by atoms with Crippen LogP contribution >= 0.6 is 0 Å². The summed E-state index contributed by atoms with van der Waals surface area (Å²) in [4.78, 5) is 10.4. The van der Waals surface area contributed by atoms with E-state index in [2.05, 4.69) is 5.10 Å². The fraction of sp³-hybridized carbons (Fsp3) is 0.167. The normalized spacial score (nSPS) is 12.2. The van der Waals surface area contributed by atoms with E-state index in [9.17, 15) is 31.7 Å². The maximum Gasteiger partial charge on any atom is 0.435 e. The van der Waals surface area contributed by atoms with Crippen LogP contribution in [0.4, 0.5) is 18.9 Å². The van der Waals surface area contributed by atoms with Crippen LogP contribution in [0.5, 0.6) is 0 Å². The van der Waals surface area contributed by atoms with Crippen LogP contribution in [0, 0.1) is 10.1 Å². The molecule has 0 saturated carbocycles. The van der Waals surface area contributed by atoms with Gasteiger partial charge in [-0.2, -0.15) is 18.3 Å². The van der Waals surface area contributed by atoms with E-state index in [1.807, 2.05) is 0 Å². The molecule has 30 heavy (non-hydrogen) atoms. The molecule has 0 aliphatic rings. The lowest BCUT2D eigenvalue weighted by Crippen LogP contribution is -2.12. The summed E-state index contributed by atoms with van der Waals surface area (Å²) in [7, 11) is -3.97. The monoisotopic (exact) mass is 440 g/mol. The standard InChI is InChI=1S/C18H15F3N4O4S/c1-2-13-14(4-3-5-16(13)25(26)27)15-10-24(23-17(15)18(19,20)21)11-6-8-12(9-7-11)30(22,28)29/h3-10H,2H2,1H3,(H2,22,28,29). The predicted molar refractivity (Wildman–Crippen MR) is 101 cm³/mol. The zero-order valence-electron chi connectivity index (χ0n) is 15.4. The largest absolute Gasteiger partial charge is 0.435 e. The maximum absolute atomic E-state index is 13.7. The Bertz CT molecular complexity index is 1220. The molecule has 158 valence electrons. The average Bonchev–Trinajstić information content (AvgIpc) is 3.12. The van der Waals surface area contributed by atoms with E-state index in [-0.39, 0.29) is 39.4 Å². The second-order valence-electron chi connectivity index (χ2n) is 6.29. The van der Waals surface area contributed by atoms with Gasteiger partial charge in [0.25, 0.3) is 5.69 Å². The molecule has 0 spiro atoms. The lowest BCUT2D eigenvalue weighted by Gasteiger charge is -2.10. The molecule has 0 aliphatic heterocycles. The number of hydrogen-bond acceptors (Lipinski definition) is 5. The lowest BCUT2D eigenvalue weighted by atomic mass is 9.96. The van der Waals surface area contributed by atoms with E-state index in [0.29, 0.717) is 0 Å². The van der Waals surface area contributed by atoms with Gasteiger partial charge in [-0.05, 0) is 36.2 Å². The molecule has 0 radical (unpaired) electrons. The number of alkyl halides is 3. The minimum Gasteiger partial charge on any atom is -0.258 e. The number of rotatable bonds is 5. The topological polar surface area (TPSA) is 121 Å². The highest BCUT2D eigenvalue weighted by molar-refractivity contribution is 7.89. The Balaban J connectivity index is 2.22. The molecular weight excluding hydrogens is 425 g/mol. The van der Waals surface area contributed by atoms with Crippen molar-refractivity contribution in [3.63, 3.8) is 0 Å². The summed E-state index contributed by atoms with van der Waals surface area (Å²) in [5.41, 5.74) is -1.47. The van der Waals surface area contributed by atoms with E-state index in [0.717, 1.165) is 23.0 Å². The summed E-state index contributed by atoms with van der Waals surface area (Å²) in [5.74, 6) is 0. The fourth-order valence-electron chi connectivity index (χ4n) is 3.07. The van der Waals surface area contributed by atoms with E-state index in [1.165, 1.54) is 30.3 Å². The van der Waals surface area contributed by atoms with E-state index in [1.54, 1.807) is 6.92 Å². The molecule has 0 atom stereocenters. The van der Waals surface area contributed by atoms with Crippen LogP contribution in [0.3, 0.4) is 0 Å². The molecule has 1 heterocycles. The molecule has 0 fully saturated rings. The first-order valence-electron chi connectivity index (χ1n) is 8.50. The molecule has 3 aromatic rings. The molecule has 0 amide bonds. The third kappa shape index (κ3) is 4.04. The Morgan fingerprint density at radius 1 is 1.13 bits per heavy atom. The van der Waals surface area contributed by atoms with Gasteiger partial charge in [-0.1, -0.05) is 19.1 Å². The van der Waals surface area contributed by atoms with E-state index in [4.69, 9.17) is 5.14 Å². The van der Waals surface area contributed by atoms with Gasteiger partial charge in [0.15, 0.2) is 5.69 Å². The summed E-state index contributed by atoms with van der Waals surface area (Å²) in [6.07, 6.45) is -3.58. The van der Waals surface area contributed by atoms with Gasteiger partial charge in [0.05, 0.1) is 15.5 Å². The van der Waals surface area contributed by atoms with Crippen molar-refractivity contribution in [1.82, 2.24) is 9.78 Å². The highest BCUT2D eigenvalue weighted by Gasteiger charge is 2.38. The summed E-state index contributed by atoms with van der Waals surface area (Å²) < 4.78 is 64.7. The van der Waals surface area contributed by atoms with Crippen molar-refractivity contribution in [2.75, 3.05) is 0 Å². The summed E-state index contributed by atoms with van der Waals surface area (Å²) in [5, 5.41) is 19.9. The van der Waals surface area contributed by atoms with Crippen molar-refractivity contribution in [2.24, 2.45) is 5.14 Å². The van der Waals surface area contributed by atoms with Gasteiger partial charge in [-0.3, -0.25) is 10.1 Å². The number of nitro groups is 1. The number of aromatic nitrogens is 2. The Morgan fingerprint density at radius 3 is 2.27 bits per heavy atom. The van der Waals surface area contributed by atoms with Crippen molar-refractivity contribution in [3.8, 4) is 16.8 Å². The quantitative estimate of drug-likeness (QED) is 0.479. The Labute approximate surface area is 168 Å². The minimum atomic E-state index is -4.82. The SMILES string of the molecule is CCc1c(-c2cn(-c3ccc(S(N)(=O)=O)cc3)nc2C(F)(F)F)cccc1[N+](=O)[O-]. The molecule has 0 aliphatic carbocycles. The zero-order chi connectivity index (χ0) is 22.3. The van der Waals surface area contributed by atoms with E-state index >= 15 is 0 Å². The summed E-state index contributed by atoms with van der Waals surface area (Å²) in [6, 6.07) is 8.70. The Hall–Kier alpha value is -3.25.